The molecule has 2 bridgehead atoms. The lowest BCUT2D eigenvalue weighted by molar-refractivity contribution is 0.178. The maximum Gasteiger partial charge on any atom is 0.322 e. The highest BCUT2D eigenvalue weighted by Crippen LogP contribution is 2.43. The third-order valence-corrected chi connectivity index (χ3v) is 5.26. The van der Waals surface area contributed by atoms with Gasteiger partial charge in [0.1, 0.15) is 6.33 Å². The summed E-state index contributed by atoms with van der Waals surface area (Å²) in [7, 11) is 0. The van der Waals surface area contributed by atoms with Crippen molar-refractivity contribution in [3.63, 3.8) is 0 Å². The molecule has 2 unspecified atom stereocenters. The van der Waals surface area contributed by atoms with Crippen LogP contribution in [0.5, 0.6) is 0 Å². The van der Waals surface area contributed by atoms with Crippen LogP contribution < -0.4 is 5.32 Å². The molecular weight excluding hydrogens is 335 g/mol. The van der Waals surface area contributed by atoms with Crippen LogP contribution in [-0.4, -0.2) is 26.9 Å². The van der Waals surface area contributed by atoms with E-state index in [0.717, 1.165) is 30.5 Å². The number of carbonyl (C=O) groups is 1. The van der Waals surface area contributed by atoms with E-state index in [1.807, 2.05) is 11.1 Å². The van der Waals surface area contributed by atoms with E-state index in [2.05, 4.69) is 15.3 Å². The van der Waals surface area contributed by atoms with Gasteiger partial charge >= 0.3 is 6.03 Å². The van der Waals surface area contributed by atoms with E-state index in [9.17, 15) is 4.79 Å². The third-order valence-electron chi connectivity index (χ3n) is 4.52. The highest BCUT2D eigenvalue weighted by Gasteiger charge is 2.43. The normalized spacial score (nSPS) is 21.9. The molecule has 1 aromatic carbocycles. The van der Waals surface area contributed by atoms with Crippen LogP contribution in [0.4, 0.5) is 10.5 Å². The first kappa shape index (κ1) is 14.7. The molecule has 0 aliphatic carbocycles. The minimum absolute atomic E-state index is 0.0488. The van der Waals surface area contributed by atoms with Crippen LogP contribution >= 0.6 is 23.2 Å². The Hall–Kier alpha value is -1.85. The fourth-order valence-corrected chi connectivity index (χ4v) is 3.79. The van der Waals surface area contributed by atoms with Crippen LogP contribution in [0.25, 0.3) is 0 Å². The summed E-state index contributed by atoms with van der Waals surface area (Å²) in [4.78, 5) is 23.1. The molecule has 1 saturated heterocycles. The van der Waals surface area contributed by atoms with E-state index in [4.69, 9.17) is 23.2 Å². The molecule has 4 rings (SSSR count). The van der Waals surface area contributed by atoms with Crippen LogP contribution in [0.2, 0.25) is 10.0 Å². The molecule has 1 N–H and O–H groups in total. The van der Waals surface area contributed by atoms with Gasteiger partial charge in [0.15, 0.2) is 0 Å². The van der Waals surface area contributed by atoms with Gasteiger partial charge in [0, 0.05) is 29.9 Å². The summed E-state index contributed by atoms with van der Waals surface area (Å²) in [5.41, 5.74) is 2.76. The van der Waals surface area contributed by atoms with Crippen LogP contribution in [0.15, 0.2) is 30.7 Å². The average molecular weight is 349 g/mol. The maximum absolute atomic E-state index is 12.7. The molecule has 0 spiro atoms. The molecule has 0 radical (unpaired) electrons. The van der Waals surface area contributed by atoms with Crippen LogP contribution in [0.3, 0.4) is 0 Å². The molecule has 7 heteroatoms. The van der Waals surface area contributed by atoms with Crippen molar-refractivity contribution in [1.82, 2.24) is 14.9 Å². The van der Waals surface area contributed by atoms with Gasteiger partial charge in [-0.15, -0.1) is 0 Å². The molecule has 0 saturated carbocycles. The minimum Gasteiger partial charge on any atom is -0.314 e. The Morgan fingerprint density at radius 2 is 2.13 bits per heavy atom. The molecule has 2 atom stereocenters. The Morgan fingerprint density at radius 3 is 2.96 bits per heavy atom. The standard InChI is InChI=1S/C16H14Cl2N4O/c17-12-3-1-9(5-13(12)18)21-16(23)22-10-2-4-15(22)11-7-19-8-20-14(11)6-10/h1,3,5,7-8,10,15H,2,4,6H2,(H,21,23). The molecule has 118 valence electrons. The molecule has 1 fully saturated rings. The van der Waals surface area contributed by atoms with Crippen molar-refractivity contribution in [1.29, 1.82) is 0 Å². The van der Waals surface area contributed by atoms with Crippen molar-refractivity contribution in [3.05, 3.63) is 52.0 Å². The number of rotatable bonds is 1. The summed E-state index contributed by atoms with van der Waals surface area (Å²) in [5.74, 6) is 0. The fraction of sp³-hybridized carbons (Fsp3) is 0.312. The van der Waals surface area contributed by atoms with Crippen molar-refractivity contribution < 1.29 is 4.79 Å². The molecule has 2 aliphatic heterocycles. The second kappa shape index (κ2) is 5.65. The number of nitrogens with one attached hydrogen (secondary N) is 1. The van der Waals surface area contributed by atoms with Crippen molar-refractivity contribution in [2.45, 2.75) is 31.3 Å². The predicted octanol–water partition coefficient (Wildman–Crippen LogP) is 4.08. The SMILES string of the molecule is O=C(Nc1ccc(Cl)c(Cl)c1)N1C2CCC1c1cncnc1C2. The largest absolute Gasteiger partial charge is 0.322 e. The maximum atomic E-state index is 12.7. The van der Waals surface area contributed by atoms with Gasteiger partial charge in [-0.1, -0.05) is 23.2 Å². The lowest BCUT2D eigenvalue weighted by Gasteiger charge is -2.35. The summed E-state index contributed by atoms with van der Waals surface area (Å²) >= 11 is 11.9. The monoisotopic (exact) mass is 348 g/mol. The number of hydrogen-bond acceptors (Lipinski definition) is 3. The van der Waals surface area contributed by atoms with Gasteiger partial charge in [-0.25, -0.2) is 14.8 Å². The van der Waals surface area contributed by atoms with Crippen LogP contribution in [0, 0.1) is 0 Å². The number of halogens is 2. The van der Waals surface area contributed by atoms with E-state index in [1.54, 1.807) is 24.5 Å². The number of nitrogens with zero attached hydrogens (tertiary/aromatic N) is 3. The fourth-order valence-electron chi connectivity index (χ4n) is 3.50. The first-order valence-corrected chi connectivity index (χ1v) is 8.22. The number of fused-ring (bicyclic) bond motifs is 4. The van der Waals surface area contributed by atoms with Gasteiger partial charge in [-0.2, -0.15) is 0 Å². The molecular formula is C16H14Cl2N4O. The third kappa shape index (κ3) is 2.54. The summed E-state index contributed by atoms with van der Waals surface area (Å²) < 4.78 is 0. The second-order valence-electron chi connectivity index (χ2n) is 5.84. The van der Waals surface area contributed by atoms with Gasteiger partial charge in [0.05, 0.1) is 21.8 Å². The van der Waals surface area contributed by atoms with E-state index >= 15 is 0 Å². The lowest BCUT2D eigenvalue weighted by atomic mass is 10.00. The molecule has 1 aromatic heterocycles. The lowest BCUT2D eigenvalue weighted by Crippen LogP contribution is -2.44. The van der Waals surface area contributed by atoms with Crippen molar-refractivity contribution >= 4 is 34.9 Å². The number of carbonyl (C=O) groups excluding carboxylic acids is 1. The first-order valence-electron chi connectivity index (χ1n) is 7.46. The number of urea groups is 1. The van der Waals surface area contributed by atoms with Gasteiger partial charge in [-0.3, -0.25) is 0 Å². The molecule has 3 heterocycles. The summed E-state index contributed by atoms with van der Waals surface area (Å²) in [6, 6.07) is 5.19. The molecule has 2 aromatic rings. The second-order valence-corrected chi connectivity index (χ2v) is 6.66. The average Bonchev–Trinajstić information content (AvgIpc) is 2.86. The zero-order valence-corrected chi connectivity index (χ0v) is 13.7. The molecule has 5 nitrogen and oxygen atoms in total. The van der Waals surface area contributed by atoms with E-state index in [0.29, 0.717) is 15.7 Å². The summed E-state index contributed by atoms with van der Waals surface area (Å²) in [6.07, 6.45) is 6.11. The van der Waals surface area contributed by atoms with E-state index in [1.165, 1.54) is 0 Å². The van der Waals surface area contributed by atoms with E-state index < -0.39 is 0 Å². The van der Waals surface area contributed by atoms with Crippen LogP contribution in [0.1, 0.15) is 30.1 Å². The number of benzene rings is 1. The predicted molar refractivity (Wildman–Crippen MR) is 88.8 cm³/mol. The zero-order valence-electron chi connectivity index (χ0n) is 12.2. The zero-order chi connectivity index (χ0) is 16.0. The molecule has 2 aliphatic rings. The quantitative estimate of drug-likeness (QED) is 0.844. The van der Waals surface area contributed by atoms with Gasteiger partial charge in [-0.05, 0) is 31.0 Å². The Kier molecular flexibility index (Phi) is 3.62. The first-order chi connectivity index (χ1) is 11.1. The number of aromatic nitrogens is 2. The number of amides is 2. The van der Waals surface area contributed by atoms with Gasteiger partial charge in [0.2, 0.25) is 0 Å². The summed E-state index contributed by atoms with van der Waals surface area (Å²) in [5, 5.41) is 3.80. The highest BCUT2D eigenvalue weighted by atomic mass is 35.5. The van der Waals surface area contributed by atoms with Crippen molar-refractivity contribution in [2.24, 2.45) is 0 Å². The highest BCUT2D eigenvalue weighted by molar-refractivity contribution is 6.42. The number of anilines is 1. The Balaban J connectivity index is 1.59. The Morgan fingerprint density at radius 1 is 1.26 bits per heavy atom. The van der Waals surface area contributed by atoms with Gasteiger partial charge < -0.3 is 10.2 Å². The van der Waals surface area contributed by atoms with Crippen LogP contribution in [-0.2, 0) is 6.42 Å². The van der Waals surface area contributed by atoms with E-state index in [-0.39, 0.29) is 18.1 Å². The van der Waals surface area contributed by atoms with Crippen molar-refractivity contribution in [2.75, 3.05) is 5.32 Å². The topological polar surface area (TPSA) is 58.1 Å². The Labute approximate surface area is 143 Å². The molecule has 23 heavy (non-hydrogen) atoms. The smallest absolute Gasteiger partial charge is 0.314 e. The van der Waals surface area contributed by atoms with Crippen molar-refractivity contribution in [3.8, 4) is 0 Å². The minimum atomic E-state index is -0.120. The Bertz CT molecular complexity index is 782. The summed E-state index contributed by atoms with van der Waals surface area (Å²) in [6.45, 7) is 0. The molecule has 2 amide bonds. The van der Waals surface area contributed by atoms with Gasteiger partial charge in [0.25, 0.3) is 0 Å². The number of hydrogen-bond donors (Lipinski definition) is 1.